The summed E-state index contributed by atoms with van der Waals surface area (Å²) in [5.74, 6) is 0. The number of sulfonamides is 1. The van der Waals surface area contributed by atoms with Gasteiger partial charge in [0.15, 0.2) is 0 Å². The molecule has 0 spiro atoms. The molecule has 0 bridgehead atoms. The van der Waals surface area contributed by atoms with Crippen molar-refractivity contribution in [3.05, 3.63) is 29.8 Å². The molecule has 3 N–H and O–H groups in total. The van der Waals surface area contributed by atoms with Crippen LogP contribution in [-0.2, 0) is 14.9 Å². The van der Waals surface area contributed by atoms with E-state index in [1.165, 1.54) is 24.3 Å². The Bertz CT molecular complexity index is 656. The molecule has 0 heterocycles. The highest BCUT2D eigenvalue weighted by Crippen LogP contribution is 2.24. The Morgan fingerprint density at radius 3 is 2.61 bits per heavy atom. The molecular weight excluding hydrogens is 318 g/mol. The highest BCUT2D eigenvalue weighted by atomic mass is 32.2. The Hall–Kier alpha value is -1.64. The van der Waals surface area contributed by atoms with Crippen LogP contribution in [-0.4, -0.2) is 32.7 Å². The Morgan fingerprint density at radius 2 is 2.04 bits per heavy atom. The predicted molar refractivity (Wildman–Crippen MR) is 85.9 cm³/mol. The lowest BCUT2D eigenvalue weighted by Crippen LogP contribution is -2.45. The summed E-state index contributed by atoms with van der Waals surface area (Å²) in [5, 5.41) is 9.33. The zero-order valence-electron chi connectivity index (χ0n) is 13.4. The van der Waals surface area contributed by atoms with Gasteiger partial charge in [-0.2, -0.15) is 0 Å². The van der Waals surface area contributed by atoms with Crippen LogP contribution in [0.1, 0.15) is 44.2 Å². The van der Waals surface area contributed by atoms with Gasteiger partial charge in [0.25, 0.3) is 0 Å². The van der Waals surface area contributed by atoms with Gasteiger partial charge in [-0.05, 0) is 37.5 Å². The van der Waals surface area contributed by atoms with Crippen molar-refractivity contribution in [2.75, 3.05) is 7.11 Å². The Balaban J connectivity index is 2.08. The summed E-state index contributed by atoms with van der Waals surface area (Å²) < 4.78 is 22.8. The summed E-state index contributed by atoms with van der Waals surface area (Å²) in [4.78, 5) is 17.6. The number of nitrogens with zero attached hydrogens (tertiary/aromatic N) is 1. The molecule has 0 aliphatic heterocycles. The first-order valence-electron chi connectivity index (χ1n) is 7.59. The maximum absolute atomic E-state index is 12.4. The third-order valence-electron chi connectivity index (χ3n) is 4.08. The molecule has 8 heteroatoms. The molecule has 1 saturated carbocycles. The van der Waals surface area contributed by atoms with Gasteiger partial charge in [0.2, 0.25) is 10.0 Å². The van der Waals surface area contributed by atoms with Crippen LogP contribution < -0.4 is 10.5 Å². The Labute approximate surface area is 136 Å². The molecule has 1 aromatic rings. The second-order valence-electron chi connectivity index (χ2n) is 5.74. The minimum absolute atomic E-state index is 0.0236. The standard InChI is InChI=1S/C15H23N3O4S/c1-11(12-6-5-9-14(10-12)23(16,20)21)17-15(19)18(22-2)13-7-3-4-8-13/h5-6,9-11,13H,3-4,7-8H2,1-2H3,(H,17,19)(H2,16,20,21). The van der Waals surface area contributed by atoms with Gasteiger partial charge in [0.05, 0.1) is 24.1 Å². The van der Waals surface area contributed by atoms with Crippen LogP contribution in [0, 0.1) is 0 Å². The van der Waals surface area contributed by atoms with Crippen molar-refractivity contribution in [1.29, 1.82) is 0 Å². The molecule has 1 aliphatic carbocycles. The molecule has 1 fully saturated rings. The minimum atomic E-state index is -3.77. The van der Waals surface area contributed by atoms with E-state index in [1.54, 1.807) is 19.1 Å². The molecule has 23 heavy (non-hydrogen) atoms. The molecule has 0 aromatic heterocycles. The van der Waals surface area contributed by atoms with Crippen LogP contribution in [0.25, 0.3) is 0 Å². The van der Waals surface area contributed by atoms with E-state index in [0.717, 1.165) is 25.7 Å². The van der Waals surface area contributed by atoms with Gasteiger partial charge < -0.3 is 5.32 Å². The SMILES string of the molecule is CON(C(=O)NC(C)c1cccc(S(N)(=O)=O)c1)C1CCCC1. The van der Waals surface area contributed by atoms with E-state index in [1.807, 2.05) is 0 Å². The lowest BCUT2D eigenvalue weighted by molar-refractivity contribution is -0.115. The van der Waals surface area contributed by atoms with Crippen LogP contribution in [0.15, 0.2) is 29.2 Å². The van der Waals surface area contributed by atoms with Gasteiger partial charge in [-0.1, -0.05) is 25.0 Å². The molecule has 1 unspecified atom stereocenters. The molecule has 128 valence electrons. The number of carbonyl (C=O) groups excluding carboxylic acids is 1. The van der Waals surface area contributed by atoms with Gasteiger partial charge in [-0.25, -0.2) is 23.4 Å². The number of amides is 2. The molecule has 0 radical (unpaired) electrons. The highest BCUT2D eigenvalue weighted by Gasteiger charge is 2.28. The van der Waals surface area contributed by atoms with Crippen LogP contribution in [0.3, 0.4) is 0 Å². The summed E-state index contributed by atoms with van der Waals surface area (Å²) in [6, 6.07) is 5.62. The monoisotopic (exact) mass is 341 g/mol. The van der Waals surface area contributed by atoms with E-state index in [9.17, 15) is 13.2 Å². The number of nitrogens with two attached hydrogens (primary N) is 1. The first-order valence-corrected chi connectivity index (χ1v) is 9.14. The van der Waals surface area contributed by atoms with E-state index in [-0.39, 0.29) is 23.0 Å². The molecule has 1 aromatic carbocycles. The lowest BCUT2D eigenvalue weighted by Gasteiger charge is -2.28. The maximum atomic E-state index is 12.4. The molecule has 1 aliphatic rings. The number of carbonyl (C=O) groups is 1. The third-order valence-corrected chi connectivity index (χ3v) is 4.99. The molecule has 2 amide bonds. The van der Waals surface area contributed by atoms with Crippen LogP contribution >= 0.6 is 0 Å². The van der Waals surface area contributed by atoms with Gasteiger partial charge >= 0.3 is 6.03 Å². The van der Waals surface area contributed by atoms with Crippen molar-refractivity contribution in [1.82, 2.24) is 10.4 Å². The van der Waals surface area contributed by atoms with E-state index in [4.69, 9.17) is 9.98 Å². The van der Waals surface area contributed by atoms with Crippen molar-refractivity contribution in [3.63, 3.8) is 0 Å². The average molecular weight is 341 g/mol. The normalized spacial score (nSPS) is 17.0. The summed E-state index contributed by atoms with van der Waals surface area (Å²) in [7, 11) is -2.29. The number of urea groups is 1. The number of rotatable bonds is 5. The van der Waals surface area contributed by atoms with E-state index < -0.39 is 10.0 Å². The van der Waals surface area contributed by atoms with Gasteiger partial charge in [-0.3, -0.25) is 4.84 Å². The topological polar surface area (TPSA) is 102 Å². The van der Waals surface area contributed by atoms with Gasteiger partial charge in [0, 0.05) is 0 Å². The first kappa shape index (κ1) is 17.7. The lowest BCUT2D eigenvalue weighted by atomic mass is 10.1. The third kappa shape index (κ3) is 4.43. The largest absolute Gasteiger partial charge is 0.342 e. The van der Waals surface area contributed by atoms with Crippen LogP contribution in [0.2, 0.25) is 0 Å². The van der Waals surface area contributed by atoms with E-state index >= 15 is 0 Å². The second kappa shape index (κ2) is 7.29. The minimum Gasteiger partial charge on any atom is -0.330 e. The van der Waals surface area contributed by atoms with Crippen molar-refractivity contribution >= 4 is 16.1 Å². The number of primary sulfonamides is 1. The molecule has 2 rings (SSSR count). The summed E-state index contributed by atoms with van der Waals surface area (Å²) in [6.45, 7) is 1.78. The zero-order chi connectivity index (χ0) is 17.0. The molecule has 0 saturated heterocycles. The second-order valence-corrected chi connectivity index (χ2v) is 7.30. The fourth-order valence-electron chi connectivity index (χ4n) is 2.83. The maximum Gasteiger partial charge on any atom is 0.342 e. The van der Waals surface area contributed by atoms with Crippen molar-refractivity contribution in [2.45, 2.75) is 49.6 Å². The van der Waals surface area contributed by atoms with Gasteiger partial charge in [-0.15, -0.1) is 0 Å². The van der Waals surface area contributed by atoms with Crippen LogP contribution in [0.5, 0.6) is 0 Å². The van der Waals surface area contributed by atoms with E-state index in [2.05, 4.69) is 5.32 Å². The summed E-state index contributed by atoms with van der Waals surface area (Å²) >= 11 is 0. The first-order chi connectivity index (χ1) is 10.8. The van der Waals surface area contributed by atoms with Crippen molar-refractivity contribution in [2.24, 2.45) is 5.14 Å². The fourth-order valence-corrected chi connectivity index (χ4v) is 3.40. The molecule has 7 nitrogen and oxygen atoms in total. The molecule has 1 atom stereocenters. The Morgan fingerprint density at radius 1 is 1.39 bits per heavy atom. The quantitative estimate of drug-likeness (QED) is 0.799. The zero-order valence-corrected chi connectivity index (χ0v) is 14.2. The number of hydrogen-bond acceptors (Lipinski definition) is 4. The Kier molecular flexibility index (Phi) is 5.61. The number of nitrogens with one attached hydrogen (secondary N) is 1. The predicted octanol–water partition coefficient (Wildman–Crippen LogP) is 1.91. The smallest absolute Gasteiger partial charge is 0.330 e. The van der Waals surface area contributed by atoms with Crippen molar-refractivity contribution in [3.8, 4) is 0 Å². The van der Waals surface area contributed by atoms with Gasteiger partial charge in [0.1, 0.15) is 0 Å². The summed E-state index contributed by atoms with van der Waals surface area (Å²) in [5.41, 5.74) is 0.660. The number of benzene rings is 1. The van der Waals surface area contributed by atoms with Crippen LogP contribution in [0.4, 0.5) is 4.79 Å². The fraction of sp³-hybridized carbons (Fsp3) is 0.533. The summed E-state index contributed by atoms with van der Waals surface area (Å²) in [6.07, 6.45) is 4.03. The average Bonchev–Trinajstić information content (AvgIpc) is 3.01. The molecular formula is C15H23N3O4S. The van der Waals surface area contributed by atoms with Crippen molar-refractivity contribution < 1.29 is 18.0 Å². The highest BCUT2D eigenvalue weighted by molar-refractivity contribution is 7.89. The number of hydroxylamine groups is 2. The number of hydrogen-bond donors (Lipinski definition) is 2. The van der Waals surface area contributed by atoms with E-state index in [0.29, 0.717) is 5.56 Å².